The molecule has 0 atom stereocenters. The van der Waals surface area contributed by atoms with Crippen molar-refractivity contribution in [3.05, 3.63) is 89.1 Å². The lowest BCUT2D eigenvalue weighted by Gasteiger charge is -2.06. The third-order valence-corrected chi connectivity index (χ3v) is 5.27. The van der Waals surface area contributed by atoms with Crippen LogP contribution in [0.25, 0.3) is 17.0 Å². The third-order valence-electron chi connectivity index (χ3n) is 5.27. The van der Waals surface area contributed by atoms with E-state index < -0.39 is 0 Å². The van der Waals surface area contributed by atoms with Gasteiger partial charge in [0.25, 0.3) is 0 Å². The lowest BCUT2D eigenvalue weighted by Crippen LogP contribution is -2.03. The van der Waals surface area contributed by atoms with Crippen LogP contribution in [0.1, 0.15) is 34.2 Å². The first-order chi connectivity index (χ1) is 15.1. The second kappa shape index (κ2) is 8.72. The highest BCUT2D eigenvalue weighted by Crippen LogP contribution is 2.25. The van der Waals surface area contributed by atoms with Crippen LogP contribution in [0, 0.1) is 11.3 Å². The molecule has 0 bridgehead atoms. The SMILES string of the molecule is CCc1cccc2c(C(=O)C(C#N)=Cc3ccc(OCc4nccn4C)cc3)c[nH]c12. The van der Waals surface area contributed by atoms with E-state index >= 15 is 0 Å². The predicted molar refractivity (Wildman–Crippen MR) is 120 cm³/mol. The van der Waals surface area contributed by atoms with Gasteiger partial charge in [-0.3, -0.25) is 4.79 Å². The molecule has 0 radical (unpaired) electrons. The standard InChI is InChI=1S/C25H22N4O2/c1-3-18-5-4-6-21-22(15-28-24(18)21)25(30)19(14-26)13-17-7-9-20(10-8-17)31-16-23-27-11-12-29(23)2/h4-13,15,28H,3,16H2,1-2H3. The van der Waals surface area contributed by atoms with Gasteiger partial charge in [-0.05, 0) is 35.8 Å². The minimum atomic E-state index is -0.294. The highest BCUT2D eigenvalue weighted by Gasteiger charge is 2.17. The Morgan fingerprint density at radius 1 is 1.26 bits per heavy atom. The number of hydrogen-bond donors (Lipinski definition) is 1. The molecule has 154 valence electrons. The number of nitrogens with one attached hydrogen (secondary N) is 1. The molecule has 2 heterocycles. The van der Waals surface area contributed by atoms with Gasteiger partial charge in [0.15, 0.2) is 0 Å². The maximum atomic E-state index is 13.0. The molecule has 31 heavy (non-hydrogen) atoms. The Labute approximate surface area is 180 Å². The molecule has 4 rings (SSSR count). The Morgan fingerprint density at radius 2 is 2.06 bits per heavy atom. The number of rotatable bonds is 7. The minimum Gasteiger partial charge on any atom is -0.486 e. The first-order valence-electron chi connectivity index (χ1n) is 10.0. The number of aromatic nitrogens is 3. The maximum Gasteiger partial charge on any atom is 0.205 e. The van der Waals surface area contributed by atoms with Crippen molar-refractivity contribution < 1.29 is 9.53 Å². The van der Waals surface area contributed by atoms with E-state index in [0.29, 0.717) is 17.9 Å². The van der Waals surface area contributed by atoms with Gasteiger partial charge < -0.3 is 14.3 Å². The van der Waals surface area contributed by atoms with E-state index in [-0.39, 0.29) is 11.4 Å². The fraction of sp³-hybridized carbons (Fsp3) is 0.160. The van der Waals surface area contributed by atoms with Gasteiger partial charge in [-0.25, -0.2) is 4.98 Å². The number of carbonyl (C=O) groups is 1. The van der Waals surface area contributed by atoms with Gasteiger partial charge >= 0.3 is 0 Å². The summed E-state index contributed by atoms with van der Waals surface area (Å²) in [5, 5.41) is 10.5. The Hall–Kier alpha value is -4.11. The topological polar surface area (TPSA) is 83.7 Å². The van der Waals surface area contributed by atoms with E-state index in [1.807, 2.05) is 60.3 Å². The van der Waals surface area contributed by atoms with E-state index in [1.54, 1.807) is 18.5 Å². The smallest absolute Gasteiger partial charge is 0.205 e. The second-order valence-corrected chi connectivity index (χ2v) is 7.21. The van der Waals surface area contributed by atoms with E-state index in [0.717, 1.165) is 34.3 Å². The van der Waals surface area contributed by atoms with Gasteiger partial charge in [0.2, 0.25) is 5.78 Å². The number of nitriles is 1. The van der Waals surface area contributed by atoms with Crippen LogP contribution in [-0.2, 0) is 20.1 Å². The molecule has 0 saturated carbocycles. The number of allylic oxidation sites excluding steroid dienone is 1. The largest absolute Gasteiger partial charge is 0.486 e. The van der Waals surface area contributed by atoms with E-state index in [4.69, 9.17) is 4.74 Å². The summed E-state index contributed by atoms with van der Waals surface area (Å²) in [5.74, 6) is 1.22. The summed E-state index contributed by atoms with van der Waals surface area (Å²) in [5.41, 5.74) is 3.43. The van der Waals surface area contributed by atoms with Crippen molar-refractivity contribution in [2.75, 3.05) is 0 Å². The van der Waals surface area contributed by atoms with Crippen LogP contribution in [0.3, 0.4) is 0 Å². The van der Waals surface area contributed by atoms with Gasteiger partial charge in [-0.1, -0.05) is 37.3 Å². The summed E-state index contributed by atoms with van der Waals surface area (Å²) in [6.45, 7) is 2.43. The predicted octanol–water partition coefficient (Wildman–Crippen LogP) is 4.83. The number of para-hydroxylation sites is 1. The van der Waals surface area contributed by atoms with Gasteiger partial charge in [0.05, 0.1) is 0 Å². The van der Waals surface area contributed by atoms with Crippen molar-refractivity contribution in [2.24, 2.45) is 7.05 Å². The Bertz CT molecular complexity index is 1300. The zero-order valence-electron chi connectivity index (χ0n) is 17.4. The monoisotopic (exact) mass is 410 g/mol. The van der Waals surface area contributed by atoms with Crippen molar-refractivity contribution in [2.45, 2.75) is 20.0 Å². The molecule has 0 amide bonds. The summed E-state index contributed by atoms with van der Waals surface area (Å²) in [7, 11) is 1.91. The zero-order chi connectivity index (χ0) is 21.8. The van der Waals surface area contributed by atoms with Crippen LogP contribution in [0.5, 0.6) is 5.75 Å². The molecular formula is C25H22N4O2. The number of carbonyl (C=O) groups excluding carboxylic acids is 1. The first-order valence-corrected chi connectivity index (χ1v) is 10.0. The number of ketones is 1. The zero-order valence-corrected chi connectivity index (χ0v) is 17.4. The van der Waals surface area contributed by atoms with Gasteiger partial charge in [0, 0.05) is 42.1 Å². The minimum absolute atomic E-state index is 0.0875. The highest BCUT2D eigenvalue weighted by molar-refractivity contribution is 6.20. The number of imidazole rings is 1. The normalized spacial score (nSPS) is 11.5. The number of benzene rings is 2. The molecule has 0 aliphatic heterocycles. The highest BCUT2D eigenvalue weighted by atomic mass is 16.5. The number of aromatic amines is 1. The summed E-state index contributed by atoms with van der Waals surface area (Å²) in [4.78, 5) is 20.5. The summed E-state index contributed by atoms with van der Waals surface area (Å²) >= 11 is 0. The molecule has 6 heteroatoms. The molecule has 0 spiro atoms. The number of aryl methyl sites for hydroxylation is 2. The average molecular weight is 410 g/mol. The molecule has 1 N–H and O–H groups in total. The fourth-order valence-electron chi connectivity index (χ4n) is 3.50. The van der Waals surface area contributed by atoms with Crippen molar-refractivity contribution in [1.29, 1.82) is 5.26 Å². The van der Waals surface area contributed by atoms with Crippen LogP contribution in [0.2, 0.25) is 0 Å². The van der Waals surface area contributed by atoms with E-state index in [1.165, 1.54) is 0 Å². The quantitative estimate of drug-likeness (QED) is 0.269. The lowest BCUT2D eigenvalue weighted by molar-refractivity contribution is 0.104. The first kappa shape index (κ1) is 20.2. The van der Waals surface area contributed by atoms with Crippen LogP contribution in [-0.4, -0.2) is 20.3 Å². The van der Waals surface area contributed by atoms with Gasteiger partial charge in [-0.15, -0.1) is 0 Å². The maximum absolute atomic E-state index is 13.0. The number of H-pyrrole nitrogens is 1. The van der Waals surface area contributed by atoms with Crippen molar-refractivity contribution in [1.82, 2.24) is 14.5 Å². The molecular weight excluding hydrogens is 388 g/mol. The molecule has 0 fully saturated rings. The third kappa shape index (κ3) is 4.12. The van der Waals surface area contributed by atoms with Crippen molar-refractivity contribution >= 4 is 22.8 Å². The Kier molecular flexibility index (Phi) is 5.67. The van der Waals surface area contributed by atoms with Crippen LogP contribution >= 0.6 is 0 Å². The van der Waals surface area contributed by atoms with E-state index in [2.05, 4.69) is 23.0 Å². The number of hydrogen-bond acceptors (Lipinski definition) is 4. The molecule has 6 nitrogen and oxygen atoms in total. The molecule has 0 saturated heterocycles. The summed E-state index contributed by atoms with van der Waals surface area (Å²) in [6, 6.07) is 15.2. The molecule has 0 aliphatic rings. The Morgan fingerprint density at radius 3 is 2.74 bits per heavy atom. The van der Waals surface area contributed by atoms with Crippen molar-refractivity contribution in [3.8, 4) is 11.8 Å². The average Bonchev–Trinajstić information content (AvgIpc) is 3.42. The molecule has 2 aromatic carbocycles. The second-order valence-electron chi connectivity index (χ2n) is 7.21. The van der Waals surface area contributed by atoms with Gasteiger partial charge in [0.1, 0.15) is 29.8 Å². The van der Waals surface area contributed by atoms with Gasteiger partial charge in [-0.2, -0.15) is 5.26 Å². The van der Waals surface area contributed by atoms with Crippen LogP contribution in [0.15, 0.2) is 66.6 Å². The molecule has 2 aromatic heterocycles. The molecule has 0 aliphatic carbocycles. The molecule has 4 aromatic rings. The number of fused-ring (bicyclic) bond motifs is 1. The van der Waals surface area contributed by atoms with Crippen molar-refractivity contribution in [3.63, 3.8) is 0 Å². The number of ether oxygens (including phenoxy) is 1. The molecule has 0 unspecified atom stereocenters. The number of Topliss-reactive ketones (excluding diaryl/α,β-unsaturated/α-hetero) is 1. The Balaban J connectivity index is 1.54. The van der Waals surface area contributed by atoms with Crippen LogP contribution in [0.4, 0.5) is 0 Å². The van der Waals surface area contributed by atoms with Crippen LogP contribution < -0.4 is 4.74 Å². The number of nitrogens with zero attached hydrogens (tertiary/aromatic N) is 3. The summed E-state index contributed by atoms with van der Waals surface area (Å²) in [6.07, 6.45) is 7.74. The van der Waals surface area contributed by atoms with E-state index in [9.17, 15) is 10.1 Å². The lowest BCUT2D eigenvalue weighted by atomic mass is 10.00. The fourth-order valence-corrected chi connectivity index (χ4v) is 3.50. The summed E-state index contributed by atoms with van der Waals surface area (Å²) < 4.78 is 7.65.